The molecule has 4 heteroatoms. The molecule has 0 saturated heterocycles. The first-order valence-electron chi connectivity index (χ1n) is 4.17. The van der Waals surface area contributed by atoms with Crippen molar-refractivity contribution in [2.45, 2.75) is 19.8 Å². The summed E-state index contributed by atoms with van der Waals surface area (Å²) in [6.07, 6.45) is -2.37. The Balaban J connectivity index is 3.22. The topological polar surface area (TPSA) is 17.1 Å². The predicted molar refractivity (Wildman–Crippen MR) is 53.7 cm³/mol. The summed E-state index contributed by atoms with van der Waals surface area (Å²) >= 11 is 3.15. The third-order valence-electron chi connectivity index (χ3n) is 1.87. The Bertz CT molecular complexity index is 350. The van der Waals surface area contributed by atoms with Gasteiger partial charge in [0, 0.05) is 22.0 Å². The minimum Gasteiger partial charge on any atom is -0.294 e. The van der Waals surface area contributed by atoms with Crippen LogP contribution in [0.1, 0.15) is 35.7 Å². The van der Waals surface area contributed by atoms with Crippen LogP contribution in [0, 0.1) is 0 Å². The summed E-state index contributed by atoms with van der Waals surface area (Å²) in [6.45, 7) is 1.65. The summed E-state index contributed by atoms with van der Waals surface area (Å²) in [7, 11) is 0. The number of ketones is 1. The van der Waals surface area contributed by atoms with E-state index >= 15 is 0 Å². The molecule has 0 amide bonds. The molecular formula is C10H9BrF2O. The highest BCUT2D eigenvalue weighted by Gasteiger charge is 2.17. The molecule has 0 aliphatic heterocycles. The molecule has 0 aliphatic rings. The number of benzene rings is 1. The lowest BCUT2D eigenvalue weighted by atomic mass is 10.0. The van der Waals surface area contributed by atoms with Crippen molar-refractivity contribution in [3.63, 3.8) is 0 Å². The van der Waals surface area contributed by atoms with Gasteiger partial charge in [-0.3, -0.25) is 4.79 Å². The molecular weight excluding hydrogens is 254 g/mol. The van der Waals surface area contributed by atoms with Gasteiger partial charge in [0.2, 0.25) is 0 Å². The van der Waals surface area contributed by atoms with Crippen LogP contribution in [0.3, 0.4) is 0 Å². The summed E-state index contributed by atoms with van der Waals surface area (Å²) in [5.74, 6) is -0.262. The maximum Gasteiger partial charge on any atom is 0.264 e. The zero-order valence-corrected chi connectivity index (χ0v) is 9.14. The fourth-order valence-corrected chi connectivity index (χ4v) is 1.51. The third-order valence-corrected chi connectivity index (χ3v) is 2.37. The second kappa shape index (κ2) is 4.64. The van der Waals surface area contributed by atoms with Crippen LogP contribution in [-0.2, 0) is 0 Å². The normalized spacial score (nSPS) is 10.6. The highest BCUT2D eigenvalue weighted by Crippen LogP contribution is 2.26. The van der Waals surface area contributed by atoms with Crippen LogP contribution in [-0.4, -0.2) is 5.78 Å². The van der Waals surface area contributed by atoms with Gasteiger partial charge in [-0.2, -0.15) is 0 Å². The maximum atomic E-state index is 12.5. The van der Waals surface area contributed by atoms with Crippen LogP contribution in [0.2, 0.25) is 0 Å². The number of hydrogen-bond acceptors (Lipinski definition) is 1. The van der Waals surface area contributed by atoms with Crippen molar-refractivity contribution >= 4 is 21.7 Å². The van der Waals surface area contributed by atoms with Crippen LogP contribution in [0.5, 0.6) is 0 Å². The Kier molecular flexibility index (Phi) is 3.75. The van der Waals surface area contributed by atoms with E-state index in [2.05, 4.69) is 15.9 Å². The first-order valence-corrected chi connectivity index (χ1v) is 4.96. The monoisotopic (exact) mass is 262 g/mol. The summed E-state index contributed by atoms with van der Waals surface area (Å²) in [5, 5.41) is 0. The Morgan fingerprint density at radius 2 is 2.14 bits per heavy atom. The number of Topliss-reactive ketones (excluding diaryl/α,β-unsaturated/α-hetero) is 1. The Hall–Kier alpha value is -0.770. The third kappa shape index (κ3) is 2.38. The summed E-state index contributed by atoms with van der Waals surface area (Å²) < 4.78 is 25.6. The lowest BCUT2D eigenvalue weighted by molar-refractivity contribution is 0.0974. The van der Waals surface area contributed by atoms with E-state index in [9.17, 15) is 13.6 Å². The van der Waals surface area contributed by atoms with Gasteiger partial charge >= 0.3 is 0 Å². The lowest BCUT2D eigenvalue weighted by Crippen LogP contribution is -2.02. The van der Waals surface area contributed by atoms with Crippen molar-refractivity contribution in [2.75, 3.05) is 0 Å². The number of carbonyl (C=O) groups is 1. The average Bonchev–Trinajstić information content (AvgIpc) is 2.16. The Labute approximate surface area is 89.3 Å². The maximum absolute atomic E-state index is 12.5. The van der Waals surface area contributed by atoms with E-state index in [4.69, 9.17) is 0 Å². The molecule has 1 aromatic carbocycles. The molecule has 0 fully saturated rings. The molecule has 0 aromatic heterocycles. The molecule has 0 N–H and O–H groups in total. The van der Waals surface area contributed by atoms with Crippen LogP contribution >= 0.6 is 15.9 Å². The van der Waals surface area contributed by atoms with Gasteiger partial charge in [-0.05, 0) is 12.1 Å². The van der Waals surface area contributed by atoms with Crippen molar-refractivity contribution in [3.05, 3.63) is 33.8 Å². The van der Waals surface area contributed by atoms with Crippen molar-refractivity contribution in [1.29, 1.82) is 0 Å². The van der Waals surface area contributed by atoms with Crippen molar-refractivity contribution in [3.8, 4) is 0 Å². The van der Waals surface area contributed by atoms with Crippen LogP contribution in [0.4, 0.5) is 8.78 Å². The van der Waals surface area contributed by atoms with Crippen molar-refractivity contribution in [1.82, 2.24) is 0 Å². The molecule has 0 saturated carbocycles. The molecule has 1 aromatic rings. The average molecular weight is 263 g/mol. The number of halogens is 3. The fraction of sp³-hybridized carbons (Fsp3) is 0.300. The van der Waals surface area contributed by atoms with E-state index in [-0.39, 0.29) is 23.3 Å². The van der Waals surface area contributed by atoms with Gasteiger partial charge in [0.15, 0.2) is 5.78 Å². The second-order valence-corrected chi connectivity index (χ2v) is 3.72. The van der Waals surface area contributed by atoms with Gasteiger partial charge in [-0.15, -0.1) is 0 Å². The van der Waals surface area contributed by atoms with Gasteiger partial charge in [0.1, 0.15) is 0 Å². The number of hydrogen-bond donors (Lipinski definition) is 0. The summed E-state index contributed by atoms with van der Waals surface area (Å²) in [4.78, 5) is 11.3. The van der Waals surface area contributed by atoms with Gasteiger partial charge in [-0.1, -0.05) is 28.9 Å². The molecule has 1 nitrogen and oxygen atoms in total. The molecule has 0 aliphatic carbocycles. The molecule has 76 valence electrons. The molecule has 0 heterocycles. The first kappa shape index (κ1) is 11.3. The van der Waals surface area contributed by atoms with Crippen molar-refractivity contribution in [2.24, 2.45) is 0 Å². The molecule has 1 rings (SSSR count). The molecule has 0 unspecified atom stereocenters. The minimum atomic E-state index is -2.60. The van der Waals surface area contributed by atoms with Crippen molar-refractivity contribution < 1.29 is 13.6 Å². The van der Waals surface area contributed by atoms with E-state index in [1.807, 2.05) is 0 Å². The van der Waals surface area contributed by atoms with Crippen LogP contribution < -0.4 is 0 Å². The van der Waals surface area contributed by atoms with E-state index in [0.717, 1.165) is 0 Å². The zero-order valence-electron chi connectivity index (χ0n) is 7.56. The van der Waals surface area contributed by atoms with Gasteiger partial charge in [-0.25, -0.2) is 8.78 Å². The molecule has 0 radical (unpaired) electrons. The molecule has 0 atom stereocenters. The molecule has 0 bridgehead atoms. The molecule has 0 spiro atoms. The van der Waals surface area contributed by atoms with E-state index < -0.39 is 6.43 Å². The SMILES string of the molecule is CCC(=O)c1cc(Br)ccc1C(F)F. The largest absolute Gasteiger partial charge is 0.294 e. The van der Waals surface area contributed by atoms with E-state index in [0.29, 0.717) is 4.47 Å². The Morgan fingerprint density at radius 3 is 2.64 bits per heavy atom. The van der Waals surface area contributed by atoms with E-state index in [1.165, 1.54) is 18.2 Å². The lowest BCUT2D eigenvalue weighted by Gasteiger charge is -2.07. The Morgan fingerprint density at radius 1 is 1.50 bits per heavy atom. The highest BCUT2D eigenvalue weighted by molar-refractivity contribution is 9.10. The second-order valence-electron chi connectivity index (χ2n) is 2.81. The summed E-state index contributed by atoms with van der Waals surface area (Å²) in [6, 6.07) is 4.22. The van der Waals surface area contributed by atoms with Gasteiger partial charge < -0.3 is 0 Å². The number of carbonyl (C=O) groups excluding carboxylic acids is 1. The summed E-state index contributed by atoms with van der Waals surface area (Å²) in [5.41, 5.74) is -0.0862. The quantitative estimate of drug-likeness (QED) is 0.754. The van der Waals surface area contributed by atoms with Gasteiger partial charge in [0.25, 0.3) is 6.43 Å². The number of rotatable bonds is 3. The number of alkyl halides is 2. The standard InChI is InChI=1S/C10H9BrF2O/c1-2-9(14)8-5-6(11)3-4-7(8)10(12)13/h3-5,10H,2H2,1H3. The van der Waals surface area contributed by atoms with Gasteiger partial charge in [0.05, 0.1) is 0 Å². The zero-order chi connectivity index (χ0) is 10.7. The minimum absolute atomic E-state index is 0.108. The smallest absolute Gasteiger partial charge is 0.264 e. The van der Waals surface area contributed by atoms with E-state index in [1.54, 1.807) is 6.92 Å². The highest BCUT2D eigenvalue weighted by atomic mass is 79.9. The predicted octanol–water partition coefficient (Wildman–Crippen LogP) is 3.98. The molecule has 14 heavy (non-hydrogen) atoms. The fourth-order valence-electron chi connectivity index (χ4n) is 1.15. The van der Waals surface area contributed by atoms with Crippen LogP contribution in [0.25, 0.3) is 0 Å². The van der Waals surface area contributed by atoms with Crippen LogP contribution in [0.15, 0.2) is 22.7 Å². The first-order chi connectivity index (χ1) is 6.56.